The number of anilines is 1. The van der Waals surface area contributed by atoms with Crippen molar-refractivity contribution in [1.29, 1.82) is 0 Å². The second-order valence-corrected chi connectivity index (χ2v) is 6.99. The first-order valence-electron chi connectivity index (χ1n) is 9.09. The Morgan fingerprint density at radius 3 is 2.78 bits per heavy atom. The first-order valence-corrected chi connectivity index (χ1v) is 9.09. The maximum Gasteiger partial charge on any atom is 0.412 e. The van der Waals surface area contributed by atoms with Gasteiger partial charge in [0, 0.05) is 48.7 Å². The van der Waals surface area contributed by atoms with Gasteiger partial charge in [-0.15, -0.1) is 0 Å². The summed E-state index contributed by atoms with van der Waals surface area (Å²) >= 11 is 0. The molecule has 1 amide bonds. The molecule has 0 aliphatic heterocycles. The monoisotopic (exact) mass is 369 g/mol. The minimum Gasteiger partial charge on any atom is -0.453 e. The number of rotatable bonds is 3. The summed E-state index contributed by atoms with van der Waals surface area (Å²) in [5.41, 5.74) is 2.87. The number of pyridine rings is 1. The van der Waals surface area contributed by atoms with E-state index in [0.717, 1.165) is 47.8 Å². The summed E-state index contributed by atoms with van der Waals surface area (Å²) in [5.74, 6) is 0.442. The van der Waals surface area contributed by atoms with E-state index in [4.69, 9.17) is 0 Å². The molecule has 3 aromatic heterocycles. The molecule has 3 heterocycles. The Labute approximate surface area is 156 Å². The summed E-state index contributed by atoms with van der Waals surface area (Å²) in [6.07, 6.45) is 8.43. The third-order valence-corrected chi connectivity index (χ3v) is 5.18. The lowest BCUT2D eigenvalue weighted by Crippen LogP contribution is -2.20. The van der Waals surface area contributed by atoms with Crippen molar-refractivity contribution >= 4 is 22.8 Å². The van der Waals surface area contributed by atoms with Crippen LogP contribution < -0.4 is 5.32 Å². The van der Waals surface area contributed by atoms with Crippen LogP contribution in [0.2, 0.25) is 0 Å². The number of ether oxygens (including phenoxy) is 1. The number of nitrogens with zero attached hydrogens (tertiary/aromatic N) is 4. The SMILES string of the molecule is COC(=O)Nc1cc2c(cn1)c(-c1ccn(C)n1)cn2C1CCC(O)CC1. The zero-order valence-electron chi connectivity index (χ0n) is 15.4. The van der Waals surface area contributed by atoms with Crippen LogP contribution >= 0.6 is 0 Å². The van der Waals surface area contributed by atoms with E-state index in [1.807, 2.05) is 25.4 Å². The number of aliphatic hydroxyl groups is 1. The normalized spacial score (nSPS) is 20.0. The molecule has 3 aromatic rings. The van der Waals surface area contributed by atoms with Crippen molar-refractivity contribution in [2.24, 2.45) is 7.05 Å². The predicted octanol–water partition coefficient (Wildman–Crippen LogP) is 3.09. The van der Waals surface area contributed by atoms with Gasteiger partial charge in [0.15, 0.2) is 0 Å². The number of nitrogens with one attached hydrogen (secondary N) is 1. The van der Waals surface area contributed by atoms with Gasteiger partial charge in [0.25, 0.3) is 0 Å². The molecular formula is C19H23N5O3. The molecular weight excluding hydrogens is 346 g/mol. The number of aryl methyl sites for hydroxylation is 1. The van der Waals surface area contributed by atoms with Crippen LogP contribution in [0.15, 0.2) is 30.7 Å². The van der Waals surface area contributed by atoms with Gasteiger partial charge in [-0.05, 0) is 31.7 Å². The molecule has 4 rings (SSSR count). The molecule has 0 saturated heterocycles. The molecule has 0 unspecified atom stereocenters. The number of hydrogen-bond donors (Lipinski definition) is 2. The second kappa shape index (κ2) is 7.03. The van der Waals surface area contributed by atoms with Crippen LogP contribution in [-0.2, 0) is 11.8 Å². The quantitative estimate of drug-likeness (QED) is 0.740. The van der Waals surface area contributed by atoms with E-state index in [1.54, 1.807) is 10.9 Å². The van der Waals surface area contributed by atoms with Gasteiger partial charge in [-0.3, -0.25) is 10.00 Å². The lowest BCUT2D eigenvalue weighted by Gasteiger charge is -2.27. The van der Waals surface area contributed by atoms with Gasteiger partial charge in [0.1, 0.15) is 5.82 Å². The number of methoxy groups -OCH3 is 1. The maximum atomic E-state index is 11.5. The molecule has 8 heteroatoms. The van der Waals surface area contributed by atoms with Crippen molar-refractivity contribution in [2.75, 3.05) is 12.4 Å². The number of fused-ring (bicyclic) bond motifs is 1. The Balaban J connectivity index is 1.81. The summed E-state index contributed by atoms with van der Waals surface area (Å²) < 4.78 is 8.67. The van der Waals surface area contributed by atoms with E-state index in [0.29, 0.717) is 11.9 Å². The molecule has 2 N–H and O–H groups in total. The largest absolute Gasteiger partial charge is 0.453 e. The molecule has 8 nitrogen and oxygen atoms in total. The Morgan fingerprint density at radius 2 is 2.11 bits per heavy atom. The summed E-state index contributed by atoms with van der Waals surface area (Å²) in [7, 11) is 3.21. The topological polar surface area (TPSA) is 94.2 Å². The molecule has 1 aliphatic rings. The first kappa shape index (κ1) is 17.5. The minimum atomic E-state index is -0.550. The Bertz CT molecular complexity index is 969. The van der Waals surface area contributed by atoms with Crippen LogP contribution in [0.3, 0.4) is 0 Å². The van der Waals surface area contributed by atoms with Crippen molar-refractivity contribution in [1.82, 2.24) is 19.3 Å². The summed E-state index contributed by atoms with van der Waals surface area (Å²) in [4.78, 5) is 15.9. The number of carbonyl (C=O) groups excluding carboxylic acids is 1. The van der Waals surface area contributed by atoms with Crippen molar-refractivity contribution in [2.45, 2.75) is 37.8 Å². The smallest absolute Gasteiger partial charge is 0.412 e. The molecule has 27 heavy (non-hydrogen) atoms. The van der Waals surface area contributed by atoms with E-state index in [2.05, 4.69) is 30.9 Å². The van der Waals surface area contributed by atoms with Gasteiger partial charge in [-0.2, -0.15) is 5.10 Å². The molecule has 0 aromatic carbocycles. The third-order valence-electron chi connectivity index (χ3n) is 5.18. The van der Waals surface area contributed by atoms with E-state index in [9.17, 15) is 9.90 Å². The van der Waals surface area contributed by atoms with Crippen molar-refractivity contribution < 1.29 is 14.6 Å². The fourth-order valence-corrected chi connectivity index (χ4v) is 3.77. The van der Waals surface area contributed by atoms with E-state index in [-0.39, 0.29) is 6.10 Å². The van der Waals surface area contributed by atoms with E-state index < -0.39 is 6.09 Å². The molecule has 0 atom stereocenters. The fourth-order valence-electron chi connectivity index (χ4n) is 3.77. The molecule has 1 saturated carbocycles. The molecule has 142 valence electrons. The van der Waals surface area contributed by atoms with Gasteiger partial charge in [0.2, 0.25) is 0 Å². The molecule has 0 bridgehead atoms. The Morgan fingerprint density at radius 1 is 1.33 bits per heavy atom. The highest BCUT2D eigenvalue weighted by molar-refractivity contribution is 5.97. The zero-order valence-corrected chi connectivity index (χ0v) is 15.4. The van der Waals surface area contributed by atoms with Crippen LogP contribution in [0.4, 0.5) is 10.6 Å². The minimum absolute atomic E-state index is 0.212. The lowest BCUT2D eigenvalue weighted by atomic mass is 9.93. The number of carbonyl (C=O) groups is 1. The van der Waals surface area contributed by atoms with Crippen LogP contribution in [0.25, 0.3) is 22.2 Å². The highest BCUT2D eigenvalue weighted by atomic mass is 16.5. The summed E-state index contributed by atoms with van der Waals surface area (Å²) in [6.45, 7) is 0. The summed E-state index contributed by atoms with van der Waals surface area (Å²) in [6, 6.07) is 4.13. The van der Waals surface area contributed by atoms with Crippen LogP contribution in [0, 0.1) is 0 Å². The predicted molar refractivity (Wildman–Crippen MR) is 101 cm³/mol. The van der Waals surface area contributed by atoms with Crippen LogP contribution in [0.5, 0.6) is 0 Å². The van der Waals surface area contributed by atoms with E-state index >= 15 is 0 Å². The second-order valence-electron chi connectivity index (χ2n) is 6.99. The first-order chi connectivity index (χ1) is 13.0. The third kappa shape index (κ3) is 3.40. The summed E-state index contributed by atoms with van der Waals surface area (Å²) in [5, 5.41) is 18.0. The number of aromatic nitrogens is 4. The fraction of sp³-hybridized carbons (Fsp3) is 0.421. The Hall–Kier alpha value is -2.87. The molecule has 0 spiro atoms. The number of amides is 1. The average Bonchev–Trinajstić information content (AvgIpc) is 3.25. The van der Waals surface area contributed by atoms with Crippen LogP contribution in [-0.4, -0.2) is 43.7 Å². The van der Waals surface area contributed by atoms with Gasteiger partial charge < -0.3 is 14.4 Å². The molecule has 1 aliphatic carbocycles. The van der Waals surface area contributed by atoms with Crippen molar-refractivity contribution in [3.05, 3.63) is 30.7 Å². The van der Waals surface area contributed by atoms with Gasteiger partial charge >= 0.3 is 6.09 Å². The highest BCUT2D eigenvalue weighted by Crippen LogP contribution is 2.37. The van der Waals surface area contributed by atoms with Crippen LogP contribution in [0.1, 0.15) is 31.7 Å². The van der Waals surface area contributed by atoms with Crippen molar-refractivity contribution in [3.63, 3.8) is 0 Å². The van der Waals surface area contributed by atoms with Gasteiger partial charge in [-0.25, -0.2) is 9.78 Å². The van der Waals surface area contributed by atoms with Gasteiger partial charge in [-0.1, -0.05) is 0 Å². The van der Waals surface area contributed by atoms with E-state index in [1.165, 1.54) is 7.11 Å². The average molecular weight is 369 g/mol. The number of aliphatic hydroxyl groups excluding tert-OH is 1. The molecule has 1 fully saturated rings. The zero-order chi connectivity index (χ0) is 19.0. The molecule has 0 radical (unpaired) electrons. The highest BCUT2D eigenvalue weighted by Gasteiger charge is 2.24. The van der Waals surface area contributed by atoms with Crippen molar-refractivity contribution in [3.8, 4) is 11.3 Å². The Kier molecular flexibility index (Phi) is 4.57. The number of hydrogen-bond acceptors (Lipinski definition) is 5. The standard InChI is InChI=1S/C19H23N5O3/c1-23-8-7-16(22-23)15-11-24(12-3-5-13(25)6-4-12)17-9-18(20-10-14(15)17)21-19(26)27-2/h7-13,25H,3-6H2,1-2H3,(H,20,21,26). The van der Waals surface area contributed by atoms with Gasteiger partial charge in [0.05, 0.1) is 24.4 Å². The maximum absolute atomic E-state index is 11.5. The lowest BCUT2D eigenvalue weighted by molar-refractivity contribution is 0.111.